The van der Waals surface area contributed by atoms with Gasteiger partial charge in [0.2, 0.25) is 0 Å². The van der Waals surface area contributed by atoms with Gasteiger partial charge < -0.3 is 28.5 Å². The quantitative estimate of drug-likeness (QED) is 0.0211. The summed E-state index contributed by atoms with van der Waals surface area (Å²) in [6.07, 6.45) is 77.8. The number of hydrogen-bond acceptors (Lipinski definition) is 7. The molecule has 78 heavy (non-hydrogen) atoms. The van der Waals surface area contributed by atoms with Crippen LogP contribution in [-0.4, -0.2) is 87.4 Å². The Morgan fingerprint density at radius 1 is 0.397 bits per heavy atom. The SMILES string of the molecule is CC/C=C\C/C=C\C/C=C\C/C=C\C/C=C\C/C=C\CCCCCCCCCCCCCCCCCCC(=O)OC(COC(=O)CCCCCCCCC/C=C\C/C=C\CCCCCC)COC(OCC[N+](C)(C)C)C(=O)O. The second kappa shape index (κ2) is 59.3. The fourth-order valence-electron chi connectivity index (χ4n) is 8.70. The van der Waals surface area contributed by atoms with Gasteiger partial charge in [-0.2, -0.15) is 0 Å². The number of carbonyl (C=O) groups is 3. The summed E-state index contributed by atoms with van der Waals surface area (Å²) in [5, 5.41) is 9.72. The van der Waals surface area contributed by atoms with E-state index < -0.39 is 24.3 Å². The standard InChI is InChI=1S/C69H119NO8/c1-6-8-10-12-14-16-18-20-22-24-26-27-28-29-30-31-32-33-34-35-36-37-38-39-40-41-42-44-46-48-50-52-54-56-58-60-67(72)78-65(64-77-69(68(73)74)75-62-61-70(3,4)5)63-76-66(71)59-57-55-53-51-49-47-45-43-25-23-21-19-17-15-13-11-9-7-2/h8,10,14,16-17,19-20,22-23,25-27,29-30,32-33,65,69H,6-7,9,11-13,15,18,21,24,28,31,34-64H2,1-5H3/p+1/b10-8-,16-14-,19-17-,22-20-,25-23-,27-26-,30-29-,33-32-. The van der Waals surface area contributed by atoms with Crippen molar-refractivity contribution in [1.29, 1.82) is 0 Å². The van der Waals surface area contributed by atoms with Gasteiger partial charge in [0.1, 0.15) is 13.2 Å². The van der Waals surface area contributed by atoms with E-state index >= 15 is 0 Å². The van der Waals surface area contributed by atoms with Gasteiger partial charge in [-0.05, 0) is 96.3 Å². The molecule has 0 amide bonds. The van der Waals surface area contributed by atoms with Crippen LogP contribution < -0.4 is 0 Å². The predicted octanol–water partition coefficient (Wildman–Crippen LogP) is 19.3. The van der Waals surface area contributed by atoms with E-state index in [1.54, 1.807) is 0 Å². The highest BCUT2D eigenvalue weighted by Gasteiger charge is 2.25. The second-order valence-corrected chi connectivity index (χ2v) is 22.3. The van der Waals surface area contributed by atoms with Crippen molar-refractivity contribution in [2.75, 3.05) is 47.5 Å². The van der Waals surface area contributed by atoms with E-state index in [0.717, 1.165) is 96.3 Å². The van der Waals surface area contributed by atoms with Gasteiger partial charge in [0.15, 0.2) is 6.10 Å². The van der Waals surface area contributed by atoms with Gasteiger partial charge in [0, 0.05) is 12.8 Å². The molecular weight excluding hydrogens is 971 g/mol. The number of rotatable bonds is 58. The molecule has 0 rings (SSSR count). The summed E-state index contributed by atoms with van der Waals surface area (Å²) in [5.41, 5.74) is 0. The van der Waals surface area contributed by atoms with Crippen molar-refractivity contribution in [1.82, 2.24) is 0 Å². The molecule has 9 heteroatoms. The molecule has 0 spiro atoms. The maximum atomic E-state index is 12.9. The van der Waals surface area contributed by atoms with E-state index in [0.29, 0.717) is 17.4 Å². The van der Waals surface area contributed by atoms with Gasteiger partial charge in [-0.3, -0.25) is 9.59 Å². The number of aliphatic carboxylic acids is 1. The number of likely N-dealkylation sites (N-methyl/N-ethyl adjacent to an activating group) is 1. The lowest BCUT2D eigenvalue weighted by Gasteiger charge is -2.25. The summed E-state index contributed by atoms with van der Waals surface area (Å²) < 4.78 is 22.9. The van der Waals surface area contributed by atoms with Crippen molar-refractivity contribution >= 4 is 17.9 Å². The maximum absolute atomic E-state index is 12.9. The zero-order valence-corrected chi connectivity index (χ0v) is 51.1. The van der Waals surface area contributed by atoms with E-state index in [1.807, 2.05) is 21.1 Å². The number of carboxylic acids is 1. The molecule has 0 radical (unpaired) electrons. The van der Waals surface area contributed by atoms with Crippen molar-refractivity contribution in [3.63, 3.8) is 0 Å². The first-order valence-corrected chi connectivity index (χ1v) is 31.9. The third-order valence-electron chi connectivity index (χ3n) is 13.6. The molecule has 0 fully saturated rings. The summed E-state index contributed by atoms with van der Waals surface area (Å²) in [5.74, 6) is -2.01. The van der Waals surface area contributed by atoms with Crippen molar-refractivity contribution in [3.05, 3.63) is 97.2 Å². The molecular formula is C69H120NO8+. The Morgan fingerprint density at radius 3 is 1.09 bits per heavy atom. The van der Waals surface area contributed by atoms with E-state index in [9.17, 15) is 19.5 Å². The Labute approximate surface area is 480 Å². The molecule has 0 aliphatic heterocycles. The lowest BCUT2D eigenvalue weighted by Crippen LogP contribution is -2.40. The predicted molar refractivity (Wildman–Crippen MR) is 332 cm³/mol. The molecule has 0 aromatic carbocycles. The molecule has 2 unspecified atom stereocenters. The highest BCUT2D eigenvalue weighted by molar-refractivity contribution is 5.71. The number of carboxylic acid groups (broad SMARTS) is 1. The van der Waals surface area contributed by atoms with Crippen molar-refractivity contribution < 1.29 is 42.9 Å². The lowest BCUT2D eigenvalue weighted by molar-refractivity contribution is -0.870. The van der Waals surface area contributed by atoms with Crippen molar-refractivity contribution in [3.8, 4) is 0 Å². The minimum atomic E-state index is -1.52. The van der Waals surface area contributed by atoms with Gasteiger partial charge in [0.25, 0.3) is 6.29 Å². The monoisotopic (exact) mass is 1090 g/mol. The van der Waals surface area contributed by atoms with Crippen molar-refractivity contribution in [2.45, 2.75) is 277 Å². The van der Waals surface area contributed by atoms with Gasteiger partial charge in [-0.1, -0.05) is 252 Å². The van der Waals surface area contributed by atoms with Crippen LogP contribution in [0.1, 0.15) is 264 Å². The average Bonchev–Trinajstić information content (AvgIpc) is 3.41. The summed E-state index contributed by atoms with van der Waals surface area (Å²) in [4.78, 5) is 37.5. The molecule has 0 heterocycles. The van der Waals surface area contributed by atoms with E-state index in [1.165, 1.54) is 141 Å². The third kappa shape index (κ3) is 59.9. The fourth-order valence-corrected chi connectivity index (χ4v) is 8.70. The van der Waals surface area contributed by atoms with Gasteiger partial charge in [-0.25, -0.2) is 4.79 Å². The van der Waals surface area contributed by atoms with Gasteiger partial charge in [0.05, 0.1) is 34.4 Å². The fraction of sp³-hybridized carbons (Fsp3) is 0.725. The van der Waals surface area contributed by atoms with Crippen LogP contribution in [0.4, 0.5) is 0 Å². The lowest BCUT2D eigenvalue weighted by atomic mass is 10.0. The van der Waals surface area contributed by atoms with Gasteiger partial charge in [-0.15, -0.1) is 0 Å². The number of hydrogen-bond donors (Lipinski definition) is 1. The highest BCUT2D eigenvalue weighted by atomic mass is 16.7. The Bertz CT molecular complexity index is 1600. The first kappa shape index (κ1) is 74.2. The Kier molecular flexibility index (Phi) is 56.5. The van der Waals surface area contributed by atoms with Crippen LogP contribution in [0.2, 0.25) is 0 Å². The summed E-state index contributed by atoms with van der Waals surface area (Å²) in [7, 11) is 5.97. The molecule has 0 bridgehead atoms. The summed E-state index contributed by atoms with van der Waals surface area (Å²) >= 11 is 0. The minimum Gasteiger partial charge on any atom is -0.477 e. The van der Waals surface area contributed by atoms with Crippen LogP contribution in [0.3, 0.4) is 0 Å². The van der Waals surface area contributed by atoms with Crippen LogP contribution in [0.5, 0.6) is 0 Å². The molecule has 0 aliphatic carbocycles. The smallest absolute Gasteiger partial charge is 0.361 e. The number of ether oxygens (including phenoxy) is 4. The normalized spacial score (nSPS) is 13.4. The van der Waals surface area contributed by atoms with E-state index in [-0.39, 0.29) is 32.2 Å². The van der Waals surface area contributed by atoms with Crippen LogP contribution >= 0.6 is 0 Å². The molecule has 1 N–H and O–H groups in total. The zero-order chi connectivity index (χ0) is 56.9. The minimum absolute atomic E-state index is 0.184. The first-order chi connectivity index (χ1) is 38.1. The summed E-state index contributed by atoms with van der Waals surface area (Å²) in [6.45, 7) is 4.75. The summed E-state index contributed by atoms with van der Waals surface area (Å²) in [6, 6.07) is 0. The molecule has 2 atom stereocenters. The largest absolute Gasteiger partial charge is 0.477 e. The number of allylic oxidation sites excluding steroid dienone is 16. The molecule has 0 aliphatic rings. The Hall–Kier alpha value is -3.79. The van der Waals surface area contributed by atoms with Crippen LogP contribution in [0.25, 0.3) is 0 Å². The van der Waals surface area contributed by atoms with E-state index in [4.69, 9.17) is 18.9 Å². The number of esters is 2. The molecule has 9 nitrogen and oxygen atoms in total. The maximum Gasteiger partial charge on any atom is 0.361 e. The topological polar surface area (TPSA) is 108 Å². The molecule has 0 aromatic heterocycles. The first-order valence-electron chi connectivity index (χ1n) is 31.9. The highest BCUT2D eigenvalue weighted by Crippen LogP contribution is 2.16. The van der Waals surface area contributed by atoms with Crippen molar-refractivity contribution in [2.24, 2.45) is 0 Å². The number of unbranched alkanes of at least 4 members (excludes halogenated alkanes) is 27. The molecule has 448 valence electrons. The third-order valence-corrected chi connectivity index (χ3v) is 13.6. The van der Waals surface area contributed by atoms with Crippen LogP contribution in [0, 0.1) is 0 Å². The Balaban J connectivity index is 4.12. The second-order valence-electron chi connectivity index (χ2n) is 22.3. The molecule has 0 saturated carbocycles. The average molecular weight is 1090 g/mol. The zero-order valence-electron chi connectivity index (χ0n) is 51.1. The van der Waals surface area contributed by atoms with E-state index in [2.05, 4.69) is 111 Å². The van der Waals surface area contributed by atoms with Gasteiger partial charge >= 0.3 is 17.9 Å². The Morgan fingerprint density at radius 2 is 0.731 bits per heavy atom. The number of carbonyl (C=O) groups excluding carboxylic acids is 2. The number of nitrogens with zero attached hydrogens (tertiary/aromatic N) is 1. The van der Waals surface area contributed by atoms with Crippen LogP contribution in [-0.2, 0) is 33.3 Å². The molecule has 0 aromatic rings. The number of quaternary nitrogens is 1. The molecule has 0 saturated heterocycles. The van der Waals surface area contributed by atoms with Crippen LogP contribution in [0.15, 0.2) is 97.2 Å².